The number of aromatic nitrogens is 3. The van der Waals surface area contributed by atoms with Gasteiger partial charge in [-0.05, 0) is 38.3 Å². The first-order valence-electron chi connectivity index (χ1n) is 7.55. The molecule has 0 spiro atoms. The van der Waals surface area contributed by atoms with Crippen LogP contribution in [0.25, 0.3) is 5.69 Å². The van der Waals surface area contributed by atoms with Crippen molar-refractivity contribution in [2.24, 2.45) is 0 Å². The first-order valence-corrected chi connectivity index (χ1v) is 8.54. The average Bonchev–Trinajstić information content (AvgIpc) is 3.16. The van der Waals surface area contributed by atoms with Crippen molar-refractivity contribution in [3.05, 3.63) is 35.7 Å². The number of aryl methyl sites for hydroxylation is 2. The zero-order valence-electron chi connectivity index (χ0n) is 13.0. The van der Waals surface area contributed by atoms with E-state index in [1.807, 2.05) is 28.5 Å². The van der Waals surface area contributed by atoms with Gasteiger partial charge in [-0.1, -0.05) is 30.0 Å². The van der Waals surface area contributed by atoms with Crippen LogP contribution in [0.4, 0.5) is 0 Å². The zero-order valence-corrected chi connectivity index (χ0v) is 13.8. The number of likely N-dealkylation sites (tertiary alicyclic amines) is 1. The first kappa shape index (κ1) is 15.1. The maximum Gasteiger partial charge on any atom is 0.233 e. The number of hydrogen-bond acceptors (Lipinski definition) is 4. The maximum absolute atomic E-state index is 12.2. The number of rotatable bonds is 4. The van der Waals surface area contributed by atoms with E-state index in [1.165, 1.54) is 11.8 Å². The lowest BCUT2D eigenvalue weighted by Crippen LogP contribution is -2.29. The highest BCUT2D eigenvalue weighted by Crippen LogP contribution is 2.24. The summed E-state index contributed by atoms with van der Waals surface area (Å²) in [7, 11) is 0. The summed E-state index contributed by atoms with van der Waals surface area (Å²) in [5.74, 6) is 1.45. The molecule has 1 fully saturated rings. The Morgan fingerprint density at radius 1 is 1.18 bits per heavy atom. The largest absolute Gasteiger partial charge is 0.342 e. The second-order valence-corrected chi connectivity index (χ2v) is 6.47. The van der Waals surface area contributed by atoms with Crippen LogP contribution in [0, 0.1) is 13.8 Å². The highest BCUT2D eigenvalue weighted by Gasteiger charge is 2.20. The number of para-hydroxylation sites is 1. The number of thioether (sulfide) groups is 1. The predicted molar refractivity (Wildman–Crippen MR) is 87.4 cm³/mol. The van der Waals surface area contributed by atoms with Crippen molar-refractivity contribution in [3.63, 3.8) is 0 Å². The van der Waals surface area contributed by atoms with Crippen LogP contribution in [0.15, 0.2) is 29.4 Å². The number of benzene rings is 1. The van der Waals surface area contributed by atoms with Crippen LogP contribution in [0.5, 0.6) is 0 Å². The Morgan fingerprint density at radius 3 is 2.64 bits per heavy atom. The van der Waals surface area contributed by atoms with Gasteiger partial charge in [-0.15, -0.1) is 10.2 Å². The van der Waals surface area contributed by atoms with Crippen LogP contribution in [-0.2, 0) is 4.79 Å². The van der Waals surface area contributed by atoms with Crippen molar-refractivity contribution in [2.75, 3.05) is 18.8 Å². The van der Waals surface area contributed by atoms with Crippen molar-refractivity contribution in [2.45, 2.75) is 31.8 Å². The fraction of sp³-hybridized carbons (Fsp3) is 0.438. The molecule has 3 rings (SSSR count). The van der Waals surface area contributed by atoms with E-state index in [2.05, 4.69) is 29.3 Å². The molecule has 22 heavy (non-hydrogen) atoms. The molecule has 1 aromatic heterocycles. The van der Waals surface area contributed by atoms with Gasteiger partial charge >= 0.3 is 0 Å². The zero-order chi connectivity index (χ0) is 15.5. The molecule has 0 aliphatic carbocycles. The quantitative estimate of drug-likeness (QED) is 0.814. The van der Waals surface area contributed by atoms with Gasteiger partial charge in [-0.3, -0.25) is 9.36 Å². The van der Waals surface area contributed by atoms with E-state index in [0.717, 1.165) is 48.2 Å². The minimum Gasteiger partial charge on any atom is -0.342 e. The molecule has 0 atom stereocenters. The molecular formula is C16H20N4OS. The molecule has 5 nitrogen and oxygen atoms in total. The van der Waals surface area contributed by atoms with Crippen molar-refractivity contribution in [1.82, 2.24) is 19.7 Å². The summed E-state index contributed by atoms with van der Waals surface area (Å²) in [4.78, 5) is 14.1. The molecular weight excluding hydrogens is 296 g/mol. The number of carbonyl (C=O) groups is 1. The van der Waals surface area contributed by atoms with Gasteiger partial charge in [0.1, 0.15) is 5.82 Å². The van der Waals surface area contributed by atoms with E-state index in [9.17, 15) is 4.79 Å². The van der Waals surface area contributed by atoms with Gasteiger partial charge in [0.25, 0.3) is 0 Å². The summed E-state index contributed by atoms with van der Waals surface area (Å²) in [6.07, 6.45) is 2.24. The van der Waals surface area contributed by atoms with Crippen LogP contribution < -0.4 is 0 Å². The highest BCUT2D eigenvalue weighted by molar-refractivity contribution is 7.99. The van der Waals surface area contributed by atoms with Crippen LogP contribution in [0.1, 0.15) is 24.2 Å². The van der Waals surface area contributed by atoms with E-state index in [1.54, 1.807) is 0 Å². The Balaban J connectivity index is 1.78. The van der Waals surface area contributed by atoms with Gasteiger partial charge in [-0.25, -0.2) is 0 Å². The minimum atomic E-state index is 0.194. The average molecular weight is 316 g/mol. The third kappa shape index (κ3) is 3.02. The second-order valence-electron chi connectivity index (χ2n) is 5.53. The van der Waals surface area contributed by atoms with E-state index < -0.39 is 0 Å². The fourth-order valence-corrected chi connectivity index (χ4v) is 3.61. The van der Waals surface area contributed by atoms with Gasteiger partial charge in [0.2, 0.25) is 5.91 Å². The van der Waals surface area contributed by atoms with Gasteiger partial charge in [0, 0.05) is 13.1 Å². The molecule has 1 aliphatic rings. The Labute approximate surface area is 134 Å². The van der Waals surface area contributed by atoms with Crippen molar-refractivity contribution >= 4 is 17.7 Å². The molecule has 116 valence electrons. The molecule has 0 bridgehead atoms. The molecule has 6 heteroatoms. The SMILES string of the molecule is Cc1ccccc1-n1c(C)nnc1SCC(=O)N1CCCC1. The van der Waals surface area contributed by atoms with Gasteiger partial charge in [-0.2, -0.15) is 0 Å². The standard InChI is InChI=1S/C16H20N4OS/c1-12-7-3-4-8-14(12)20-13(2)17-18-16(20)22-11-15(21)19-9-5-6-10-19/h3-4,7-8H,5-6,9-11H2,1-2H3. The minimum absolute atomic E-state index is 0.194. The van der Waals surface area contributed by atoms with Crippen molar-refractivity contribution in [3.8, 4) is 5.69 Å². The summed E-state index contributed by atoms with van der Waals surface area (Å²) < 4.78 is 2.03. The van der Waals surface area contributed by atoms with Crippen molar-refractivity contribution in [1.29, 1.82) is 0 Å². The summed E-state index contributed by atoms with van der Waals surface area (Å²) in [6.45, 7) is 5.79. The maximum atomic E-state index is 12.2. The molecule has 1 saturated heterocycles. The van der Waals surface area contributed by atoms with Gasteiger partial charge in [0.05, 0.1) is 11.4 Å². The normalized spacial score (nSPS) is 14.5. The summed E-state index contributed by atoms with van der Waals surface area (Å²) in [5.41, 5.74) is 2.24. The van der Waals surface area contributed by atoms with Crippen LogP contribution in [0.3, 0.4) is 0 Å². The second kappa shape index (κ2) is 6.52. The van der Waals surface area contributed by atoms with E-state index in [0.29, 0.717) is 5.75 Å². The summed E-state index contributed by atoms with van der Waals surface area (Å²) in [5, 5.41) is 9.19. The summed E-state index contributed by atoms with van der Waals surface area (Å²) >= 11 is 1.46. The van der Waals surface area contributed by atoms with E-state index >= 15 is 0 Å². The van der Waals surface area contributed by atoms with Crippen LogP contribution >= 0.6 is 11.8 Å². The molecule has 0 radical (unpaired) electrons. The van der Waals surface area contributed by atoms with Crippen LogP contribution in [-0.4, -0.2) is 44.4 Å². The number of hydrogen-bond donors (Lipinski definition) is 0. The fourth-order valence-electron chi connectivity index (χ4n) is 2.71. The Hall–Kier alpha value is -1.82. The lowest BCUT2D eigenvalue weighted by Gasteiger charge is -2.15. The van der Waals surface area contributed by atoms with Crippen molar-refractivity contribution < 1.29 is 4.79 Å². The third-order valence-corrected chi connectivity index (χ3v) is 4.85. The van der Waals surface area contributed by atoms with E-state index in [-0.39, 0.29) is 5.91 Å². The molecule has 2 heterocycles. The number of nitrogens with zero attached hydrogens (tertiary/aromatic N) is 4. The van der Waals surface area contributed by atoms with Gasteiger partial charge < -0.3 is 4.90 Å². The molecule has 0 N–H and O–H groups in total. The number of amides is 1. The molecule has 1 aliphatic heterocycles. The number of carbonyl (C=O) groups excluding carboxylic acids is 1. The lowest BCUT2D eigenvalue weighted by molar-refractivity contribution is -0.127. The topological polar surface area (TPSA) is 51.0 Å². The molecule has 1 aromatic carbocycles. The highest BCUT2D eigenvalue weighted by atomic mass is 32.2. The van der Waals surface area contributed by atoms with Gasteiger partial charge in [0.15, 0.2) is 5.16 Å². The predicted octanol–water partition coefficient (Wildman–Crippen LogP) is 2.60. The molecule has 0 unspecified atom stereocenters. The monoisotopic (exact) mass is 316 g/mol. The smallest absolute Gasteiger partial charge is 0.233 e. The Morgan fingerprint density at radius 2 is 1.91 bits per heavy atom. The third-order valence-electron chi connectivity index (χ3n) is 3.94. The van der Waals surface area contributed by atoms with E-state index in [4.69, 9.17) is 0 Å². The summed E-state index contributed by atoms with van der Waals surface area (Å²) in [6, 6.07) is 8.14. The first-order chi connectivity index (χ1) is 10.7. The Bertz CT molecular complexity index is 677. The molecule has 1 amide bonds. The van der Waals surface area contributed by atoms with Crippen LogP contribution in [0.2, 0.25) is 0 Å². The lowest BCUT2D eigenvalue weighted by atomic mass is 10.2. The Kier molecular flexibility index (Phi) is 4.47. The molecule has 0 saturated carbocycles. The molecule has 2 aromatic rings.